The summed E-state index contributed by atoms with van der Waals surface area (Å²) in [5.74, 6) is 0.190. The molecular weight excluding hydrogens is 360 g/mol. The predicted octanol–water partition coefficient (Wildman–Crippen LogP) is 5.31. The largest absolute Gasteiger partial charge is 0.324 e. The molecule has 0 fully saturated rings. The fourth-order valence-electron chi connectivity index (χ4n) is 2.79. The van der Waals surface area contributed by atoms with Crippen LogP contribution in [0.2, 0.25) is 5.02 Å². The summed E-state index contributed by atoms with van der Waals surface area (Å²) in [5.41, 5.74) is 5.31. The average molecular weight is 381 g/mol. The molecule has 0 atom stereocenters. The third-order valence-corrected chi connectivity index (χ3v) is 4.56. The number of halogens is 1. The van der Waals surface area contributed by atoms with Gasteiger partial charge in [0.2, 0.25) is 5.95 Å². The van der Waals surface area contributed by atoms with Gasteiger partial charge in [-0.15, -0.1) is 0 Å². The zero-order valence-electron chi connectivity index (χ0n) is 15.5. The van der Waals surface area contributed by atoms with E-state index in [1.165, 1.54) is 18.0 Å². The van der Waals surface area contributed by atoms with Crippen LogP contribution in [0.3, 0.4) is 0 Å². The van der Waals surface area contributed by atoms with Gasteiger partial charge in [-0.05, 0) is 55.2 Å². The van der Waals surface area contributed by atoms with E-state index in [1.54, 1.807) is 18.2 Å². The van der Waals surface area contributed by atoms with Crippen molar-refractivity contribution in [3.8, 4) is 0 Å². The van der Waals surface area contributed by atoms with Gasteiger partial charge in [0.25, 0.3) is 5.91 Å². The Kier molecular flexibility index (Phi) is 5.72. The maximum atomic E-state index is 12.4. The molecule has 138 valence electrons. The van der Waals surface area contributed by atoms with Gasteiger partial charge in [-0.2, -0.15) is 0 Å². The van der Waals surface area contributed by atoms with Gasteiger partial charge in [0, 0.05) is 28.8 Å². The fraction of sp³-hybridized carbons (Fsp3) is 0.190. The first-order valence-corrected chi connectivity index (χ1v) is 9.10. The van der Waals surface area contributed by atoms with Crippen LogP contribution < -0.4 is 10.6 Å². The second kappa shape index (κ2) is 8.18. The highest BCUT2D eigenvalue weighted by Gasteiger charge is 2.11. The molecule has 0 radical (unpaired) electrons. The lowest BCUT2D eigenvalue weighted by Gasteiger charge is -2.13. The second-order valence-corrected chi connectivity index (χ2v) is 6.73. The molecule has 0 unspecified atom stereocenters. The van der Waals surface area contributed by atoms with Crippen molar-refractivity contribution in [1.82, 2.24) is 9.97 Å². The van der Waals surface area contributed by atoms with Crippen LogP contribution in [0.1, 0.15) is 34.0 Å². The summed E-state index contributed by atoms with van der Waals surface area (Å²) in [7, 11) is 0. The van der Waals surface area contributed by atoms with E-state index < -0.39 is 0 Å². The summed E-state index contributed by atoms with van der Waals surface area (Å²) in [5, 5.41) is 6.74. The van der Waals surface area contributed by atoms with Crippen LogP contribution in [0.4, 0.5) is 17.3 Å². The topological polar surface area (TPSA) is 66.9 Å². The first-order chi connectivity index (χ1) is 13.0. The second-order valence-electron chi connectivity index (χ2n) is 6.30. The first-order valence-electron chi connectivity index (χ1n) is 8.73. The Labute approximate surface area is 163 Å². The van der Waals surface area contributed by atoms with E-state index in [2.05, 4.69) is 33.6 Å². The molecule has 0 saturated carbocycles. The molecule has 1 heterocycles. The van der Waals surface area contributed by atoms with Crippen molar-refractivity contribution in [2.24, 2.45) is 0 Å². The fourth-order valence-corrected chi connectivity index (χ4v) is 3.01. The van der Waals surface area contributed by atoms with E-state index in [-0.39, 0.29) is 5.91 Å². The van der Waals surface area contributed by atoms with Gasteiger partial charge >= 0.3 is 0 Å². The van der Waals surface area contributed by atoms with Crippen molar-refractivity contribution in [2.75, 3.05) is 10.6 Å². The number of hydrogen-bond acceptors (Lipinski definition) is 4. The Morgan fingerprint density at radius 3 is 2.48 bits per heavy atom. The smallest absolute Gasteiger partial charge is 0.258 e. The SMILES string of the molecule is CCc1cccc(C)c1Nc1ncc(C(=O)Nc2ccc(Cl)cc2C)cn1. The Morgan fingerprint density at radius 1 is 1.07 bits per heavy atom. The van der Waals surface area contributed by atoms with Gasteiger partial charge in [-0.1, -0.05) is 36.7 Å². The Bertz CT molecular complexity index is 970. The monoisotopic (exact) mass is 380 g/mol. The van der Waals surface area contributed by atoms with Crippen LogP contribution in [-0.2, 0) is 6.42 Å². The number of anilines is 3. The lowest BCUT2D eigenvalue weighted by molar-refractivity contribution is 0.102. The predicted molar refractivity (Wildman–Crippen MR) is 110 cm³/mol. The quantitative estimate of drug-likeness (QED) is 0.629. The number of aromatic nitrogens is 2. The zero-order valence-corrected chi connectivity index (χ0v) is 16.3. The third kappa shape index (κ3) is 4.44. The summed E-state index contributed by atoms with van der Waals surface area (Å²) in [6.45, 7) is 6.03. The van der Waals surface area contributed by atoms with Crippen LogP contribution in [0.25, 0.3) is 0 Å². The Morgan fingerprint density at radius 2 is 1.81 bits per heavy atom. The molecule has 27 heavy (non-hydrogen) atoms. The lowest BCUT2D eigenvalue weighted by Crippen LogP contribution is -2.14. The van der Waals surface area contributed by atoms with Gasteiger partial charge in [-0.3, -0.25) is 4.79 Å². The van der Waals surface area contributed by atoms with E-state index in [0.29, 0.717) is 22.2 Å². The van der Waals surface area contributed by atoms with Crippen LogP contribution in [0.15, 0.2) is 48.8 Å². The normalized spacial score (nSPS) is 10.5. The molecule has 2 N–H and O–H groups in total. The number of rotatable bonds is 5. The van der Waals surface area contributed by atoms with Gasteiger partial charge < -0.3 is 10.6 Å². The summed E-state index contributed by atoms with van der Waals surface area (Å²) in [6.07, 6.45) is 3.94. The van der Waals surface area contributed by atoms with Crippen molar-refractivity contribution in [3.05, 3.63) is 76.1 Å². The minimum Gasteiger partial charge on any atom is -0.324 e. The summed E-state index contributed by atoms with van der Waals surface area (Å²) in [4.78, 5) is 21.0. The Balaban J connectivity index is 1.74. The standard InChI is InChI=1S/C21H21ClN4O/c1-4-15-7-5-6-13(2)19(15)26-21-23-11-16(12-24-21)20(27)25-18-9-8-17(22)10-14(18)3/h5-12H,4H2,1-3H3,(H,25,27)(H,23,24,26). The summed E-state index contributed by atoms with van der Waals surface area (Å²) < 4.78 is 0. The maximum absolute atomic E-state index is 12.4. The number of nitrogens with zero attached hydrogens (tertiary/aromatic N) is 2. The molecule has 1 aromatic heterocycles. The molecule has 1 amide bonds. The Hall–Kier alpha value is -2.92. The molecule has 0 spiro atoms. The molecule has 2 aromatic carbocycles. The molecule has 0 aliphatic carbocycles. The average Bonchev–Trinajstić information content (AvgIpc) is 2.66. The third-order valence-electron chi connectivity index (χ3n) is 4.33. The van der Waals surface area contributed by atoms with E-state index in [0.717, 1.165) is 23.2 Å². The maximum Gasteiger partial charge on any atom is 0.258 e. The number of amides is 1. The molecule has 6 heteroatoms. The number of hydrogen-bond donors (Lipinski definition) is 2. The highest BCUT2D eigenvalue weighted by atomic mass is 35.5. The van der Waals surface area contributed by atoms with Crippen LogP contribution in [-0.4, -0.2) is 15.9 Å². The van der Waals surface area contributed by atoms with Crippen LogP contribution >= 0.6 is 11.6 Å². The van der Waals surface area contributed by atoms with Gasteiger partial charge in [0.15, 0.2) is 0 Å². The van der Waals surface area contributed by atoms with Crippen molar-refractivity contribution in [3.63, 3.8) is 0 Å². The number of nitrogens with one attached hydrogen (secondary N) is 2. The zero-order chi connectivity index (χ0) is 19.4. The van der Waals surface area contributed by atoms with Gasteiger partial charge in [0.1, 0.15) is 0 Å². The van der Waals surface area contributed by atoms with Crippen molar-refractivity contribution in [1.29, 1.82) is 0 Å². The van der Waals surface area contributed by atoms with E-state index >= 15 is 0 Å². The van der Waals surface area contributed by atoms with Crippen molar-refractivity contribution in [2.45, 2.75) is 27.2 Å². The molecule has 0 saturated heterocycles. The van der Waals surface area contributed by atoms with Gasteiger partial charge in [0.05, 0.1) is 5.56 Å². The molecule has 3 rings (SSSR count). The highest BCUT2D eigenvalue weighted by Crippen LogP contribution is 2.24. The summed E-state index contributed by atoms with van der Waals surface area (Å²) >= 11 is 5.95. The number of carbonyl (C=O) groups excluding carboxylic acids is 1. The van der Waals surface area contributed by atoms with Crippen molar-refractivity contribution >= 4 is 34.8 Å². The number of carbonyl (C=O) groups is 1. The van der Waals surface area contributed by atoms with Gasteiger partial charge in [-0.25, -0.2) is 9.97 Å². The van der Waals surface area contributed by atoms with E-state index in [4.69, 9.17) is 11.6 Å². The molecule has 3 aromatic rings. The van der Waals surface area contributed by atoms with Crippen molar-refractivity contribution < 1.29 is 4.79 Å². The molecule has 0 aliphatic heterocycles. The number of benzene rings is 2. The minimum absolute atomic E-state index is 0.267. The first kappa shape index (κ1) is 18.9. The molecule has 0 bridgehead atoms. The van der Waals surface area contributed by atoms with E-state index in [9.17, 15) is 4.79 Å². The molecular formula is C21H21ClN4O. The van der Waals surface area contributed by atoms with E-state index in [1.807, 2.05) is 26.0 Å². The number of aryl methyl sites for hydroxylation is 3. The van der Waals surface area contributed by atoms with Crippen LogP contribution in [0.5, 0.6) is 0 Å². The summed E-state index contributed by atoms with van der Waals surface area (Å²) in [6, 6.07) is 11.5. The number of para-hydroxylation sites is 1. The van der Waals surface area contributed by atoms with Crippen LogP contribution in [0, 0.1) is 13.8 Å². The highest BCUT2D eigenvalue weighted by molar-refractivity contribution is 6.30. The minimum atomic E-state index is -0.267. The molecule has 0 aliphatic rings. The molecule has 5 nitrogen and oxygen atoms in total. The lowest BCUT2D eigenvalue weighted by atomic mass is 10.1.